The van der Waals surface area contributed by atoms with Gasteiger partial charge in [-0.15, -0.1) is 0 Å². The van der Waals surface area contributed by atoms with Gasteiger partial charge in [0.15, 0.2) is 0 Å². The van der Waals surface area contributed by atoms with Crippen LogP contribution in [0.1, 0.15) is 45.7 Å². The van der Waals surface area contributed by atoms with E-state index in [4.69, 9.17) is 9.47 Å². The number of rotatable bonds is 18. The van der Waals surface area contributed by atoms with Crippen LogP contribution in [0.15, 0.2) is 53.0 Å². The van der Waals surface area contributed by atoms with Crippen molar-refractivity contribution < 1.29 is 32.6 Å². The molecule has 0 fully saturated rings. The lowest BCUT2D eigenvalue weighted by atomic mass is 10.0. The maximum absolute atomic E-state index is 13.8. The van der Waals surface area contributed by atoms with E-state index >= 15 is 0 Å². The molecule has 0 saturated carbocycles. The SMILES string of the molecule is CCOC1CC=C(S(=O)(=O)N(CC(C)C)C[C@@H](O)[C@@H](NC(=O)CNC(=O)CNCCOC)c2ccccc2)C=C1C. The van der Waals surface area contributed by atoms with Crippen LogP contribution >= 0.6 is 0 Å². The number of methoxy groups -OCH3 is 1. The van der Waals surface area contributed by atoms with E-state index in [0.29, 0.717) is 31.7 Å². The monoisotopic (exact) mass is 594 g/mol. The van der Waals surface area contributed by atoms with Gasteiger partial charge in [-0.2, -0.15) is 4.31 Å². The van der Waals surface area contributed by atoms with Gasteiger partial charge in [-0.25, -0.2) is 8.42 Å². The third-order valence-corrected chi connectivity index (χ3v) is 8.31. The maximum Gasteiger partial charge on any atom is 0.242 e. The van der Waals surface area contributed by atoms with E-state index in [1.165, 1.54) is 4.31 Å². The number of sulfonamides is 1. The lowest BCUT2D eigenvalue weighted by Crippen LogP contribution is -2.48. The van der Waals surface area contributed by atoms with Crippen LogP contribution in [0, 0.1) is 5.92 Å². The summed E-state index contributed by atoms with van der Waals surface area (Å²) < 4.78 is 39.4. The second-order valence-electron chi connectivity index (χ2n) is 10.4. The Kier molecular flexibility index (Phi) is 14.7. The molecule has 1 aliphatic rings. The molecule has 2 amide bonds. The molecule has 1 aromatic carbocycles. The molecule has 1 aromatic rings. The summed E-state index contributed by atoms with van der Waals surface area (Å²) >= 11 is 0. The minimum absolute atomic E-state index is 0.0140. The van der Waals surface area contributed by atoms with Gasteiger partial charge in [0.2, 0.25) is 21.8 Å². The number of carbonyl (C=O) groups is 2. The molecule has 0 aromatic heterocycles. The average molecular weight is 595 g/mol. The van der Waals surface area contributed by atoms with Crippen LogP contribution in [0.25, 0.3) is 0 Å². The molecular formula is C29H46N4O7S. The number of carbonyl (C=O) groups excluding carboxylic acids is 2. The van der Waals surface area contributed by atoms with Gasteiger partial charge in [0.1, 0.15) is 0 Å². The summed E-state index contributed by atoms with van der Waals surface area (Å²) in [5.41, 5.74) is 1.43. The summed E-state index contributed by atoms with van der Waals surface area (Å²) in [6.45, 7) is 8.69. The van der Waals surface area contributed by atoms with Crippen molar-refractivity contribution in [1.29, 1.82) is 0 Å². The molecule has 0 spiro atoms. The zero-order valence-corrected chi connectivity index (χ0v) is 25.6. The van der Waals surface area contributed by atoms with Crippen molar-refractivity contribution in [3.8, 4) is 0 Å². The molecule has 11 nitrogen and oxygen atoms in total. The number of aliphatic hydroxyl groups excluding tert-OH is 1. The molecule has 2 rings (SSSR count). The highest BCUT2D eigenvalue weighted by Crippen LogP contribution is 2.28. The molecule has 41 heavy (non-hydrogen) atoms. The van der Waals surface area contributed by atoms with E-state index in [1.807, 2.05) is 27.7 Å². The molecule has 4 N–H and O–H groups in total. The number of hydrogen-bond donors (Lipinski definition) is 4. The van der Waals surface area contributed by atoms with E-state index < -0.39 is 28.1 Å². The number of allylic oxidation sites excluding steroid dienone is 1. The molecule has 0 saturated heterocycles. The highest BCUT2D eigenvalue weighted by molar-refractivity contribution is 7.93. The maximum atomic E-state index is 13.8. The van der Waals surface area contributed by atoms with E-state index in [2.05, 4.69) is 16.0 Å². The molecule has 3 atom stereocenters. The van der Waals surface area contributed by atoms with Gasteiger partial charge >= 0.3 is 0 Å². The van der Waals surface area contributed by atoms with Crippen molar-refractivity contribution in [2.24, 2.45) is 5.92 Å². The summed E-state index contributed by atoms with van der Waals surface area (Å²) in [6, 6.07) is 7.93. The second-order valence-corrected chi connectivity index (χ2v) is 12.3. The summed E-state index contributed by atoms with van der Waals surface area (Å²) in [5, 5.41) is 19.6. The van der Waals surface area contributed by atoms with Crippen molar-refractivity contribution in [3.63, 3.8) is 0 Å². The number of ether oxygens (including phenoxy) is 2. The number of nitrogens with one attached hydrogen (secondary N) is 3. The topological polar surface area (TPSA) is 146 Å². The Morgan fingerprint density at radius 2 is 1.83 bits per heavy atom. The van der Waals surface area contributed by atoms with Gasteiger partial charge in [0.25, 0.3) is 0 Å². The molecule has 1 aliphatic carbocycles. The van der Waals surface area contributed by atoms with E-state index in [9.17, 15) is 23.1 Å². The van der Waals surface area contributed by atoms with Crippen LogP contribution in [0.3, 0.4) is 0 Å². The van der Waals surface area contributed by atoms with Crippen LogP contribution in [0.2, 0.25) is 0 Å². The zero-order valence-electron chi connectivity index (χ0n) is 24.8. The molecule has 12 heteroatoms. The van der Waals surface area contributed by atoms with Crippen molar-refractivity contribution in [2.45, 2.75) is 52.4 Å². The molecule has 1 unspecified atom stereocenters. The number of nitrogens with zero attached hydrogens (tertiary/aromatic N) is 1. The fraction of sp³-hybridized carbons (Fsp3) is 0.586. The Labute approximate surface area is 244 Å². The van der Waals surface area contributed by atoms with Crippen molar-refractivity contribution in [3.05, 3.63) is 58.5 Å². The van der Waals surface area contributed by atoms with Crippen LogP contribution in [0.4, 0.5) is 0 Å². The number of benzene rings is 1. The lowest BCUT2D eigenvalue weighted by molar-refractivity contribution is -0.126. The molecule has 0 bridgehead atoms. The van der Waals surface area contributed by atoms with Crippen LogP contribution in [0.5, 0.6) is 0 Å². The van der Waals surface area contributed by atoms with Gasteiger partial charge in [0.05, 0.1) is 42.9 Å². The van der Waals surface area contributed by atoms with Gasteiger partial charge in [-0.1, -0.05) is 50.3 Å². The smallest absolute Gasteiger partial charge is 0.242 e. The van der Waals surface area contributed by atoms with Crippen LogP contribution in [-0.4, -0.2) is 94.9 Å². The second kappa shape index (κ2) is 17.4. The summed E-state index contributed by atoms with van der Waals surface area (Å²) in [4.78, 5) is 25.0. The highest BCUT2D eigenvalue weighted by Gasteiger charge is 2.33. The first kappa shape index (κ1) is 34.6. The lowest BCUT2D eigenvalue weighted by Gasteiger charge is -2.32. The average Bonchev–Trinajstić information content (AvgIpc) is 2.93. The number of aliphatic hydroxyl groups is 1. The minimum atomic E-state index is -3.95. The number of hydrogen-bond acceptors (Lipinski definition) is 8. The molecule has 0 radical (unpaired) electrons. The standard InChI is InChI=1S/C29H46N4O7S/c1-6-40-26-13-12-24(16-22(26)4)41(37,38)33(19-21(2)3)20-25(34)29(23-10-8-7-9-11-23)32-28(36)18-31-27(35)17-30-14-15-39-5/h7-12,16,21,25-26,29-30,34H,6,13-15,17-20H2,1-5H3,(H,31,35)(H,32,36)/t25-,26?,29+/m1/s1. The third-order valence-electron chi connectivity index (χ3n) is 6.45. The Morgan fingerprint density at radius 3 is 2.44 bits per heavy atom. The largest absolute Gasteiger partial charge is 0.389 e. The Balaban J connectivity index is 2.19. The van der Waals surface area contributed by atoms with E-state index in [1.54, 1.807) is 49.6 Å². The van der Waals surface area contributed by atoms with E-state index in [0.717, 1.165) is 5.57 Å². The first-order chi connectivity index (χ1) is 19.5. The normalized spacial score (nSPS) is 17.1. The minimum Gasteiger partial charge on any atom is -0.389 e. The van der Waals surface area contributed by atoms with Crippen molar-refractivity contribution >= 4 is 21.8 Å². The molecule has 0 aliphatic heterocycles. The predicted octanol–water partition coefficient (Wildman–Crippen LogP) is 1.48. The summed E-state index contributed by atoms with van der Waals surface area (Å²) in [5.74, 6) is -0.894. The fourth-order valence-corrected chi connectivity index (χ4v) is 6.19. The van der Waals surface area contributed by atoms with Crippen molar-refractivity contribution in [1.82, 2.24) is 20.3 Å². The van der Waals surface area contributed by atoms with Gasteiger partial charge < -0.3 is 30.5 Å². The quantitative estimate of drug-likeness (QED) is 0.187. The van der Waals surface area contributed by atoms with Crippen LogP contribution in [-0.2, 0) is 29.1 Å². The summed E-state index contributed by atoms with van der Waals surface area (Å²) in [6.07, 6.45) is 2.29. The van der Waals surface area contributed by atoms with Crippen LogP contribution < -0.4 is 16.0 Å². The Bertz CT molecular complexity index is 1140. The molecule has 230 valence electrons. The zero-order chi connectivity index (χ0) is 30.4. The Morgan fingerprint density at radius 1 is 1.12 bits per heavy atom. The van der Waals surface area contributed by atoms with Crippen molar-refractivity contribution in [2.75, 3.05) is 53.0 Å². The van der Waals surface area contributed by atoms with Gasteiger partial charge in [0, 0.05) is 33.4 Å². The summed E-state index contributed by atoms with van der Waals surface area (Å²) in [7, 11) is -2.39. The number of amides is 2. The fourth-order valence-electron chi connectivity index (χ4n) is 4.41. The third kappa shape index (κ3) is 11.3. The highest BCUT2D eigenvalue weighted by atomic mass is 32.2. The van der Waals surface area contributed by atoms with E-state index in [-0.39, 0.29) is 49.0 Å². The first-order valence-corrected chi connectivity index (χ1v) is 15.4. The van der Waals surface area contributed by atoms with Gasteiger partial charge in [-0.3, -0.25) is 9.59 Å². The Hall–Kier alpha value is -2.61. The molecular weight excluding hydrogens is 548 g/mol. The molecule has 0 heterocycles. The van der Waals surface area contributed by atoms with Gasteiger partial charge in [-0.05, 0) is 43.4 Å². The first-order valence-electron chi connectivity index (χ1n) is 14.0. The predicted molar refractivity (Wildman–Crippen MR) is 158 cm³/mol.